The summed E-state index contributed by atoms with van der Waals surface area (Å²) in [6.07, 6.45) is 18.7. The zero-order valence-electron chi connectivity index (χ0n) is 21.3. The zero-order valence-corrected chi connectivity index (χ0v) is 23.0. The van der Waals surface area contributed by atoms with Gasteiger partial charge in [0.2, 0.25) is 0 Å². The Morgan fingerprint density at radius 3 is 1.62 bits per heavy atom. The van der Waals surface area contributed by atoms with Gasteiger partial charge >= 0.3 is 0 Å². The maximum absolute atomic E-state index is 2.67. The molecule has 0 unspecified atom stereocenters. The van der Waals surface area contributed by atoms with Gasteiger partial charge in [-0.15, -0.1) is 0 Å². The van der Waals surface area contributed by atoms with Crippen LogP contribution in [0, 0.1) is 0 Å². The van der Waals surface area contributed by atoms with Crippen LogP contribution in [0.1, 0.15) is 84.5 Å². The summed E-state index contributed by atoms with van der Waals surface area (Å²) in [6.45, 7) is 5.07. The highest BCUT2D eigenvalue weighted by atomic mass is 31.1. The SMILES string of the molecule is CC1=CCC([C@H](C)P(C2CCCCC2)C2CCCCC2)=C1P(c1ccccc1)c1ccccc1. The number of hydrogen-bond donors (Lipinski definition) is 0. The fraction of sp³-hybridized carbons (Fsp3) is 0.500. The van der Waals surface area contributed by atoms with Crippen molar-refractivity contribution >= 4 is 26.5 Å². The lowest BCUT2D eigenvalue weighted by molar-refractivity contribution is 0.482. The lowest BCUT2D eigenvalue weighted by Gasteiger charge is -2.43. The average Bonchev–Trinajstić information content (AvgIpc) is 3.28. The van der Waals surface area contributed by atoms with E-state index >= 15 is 0 Å². The Morgan fingerprint density at radius 1 is 0.676 bits per heavy atom. The first kappa shape index (κ1) is 24.5. The molecule has 0 aliphatic heterocycles. The average molecular weight is 489 g/mol. The molecule has 0 nitrogen and oxygen atoms in total. The van der Waals surface area contributed by atoms with Gasteiger partial charge in [0.25, 0.3) is 0 Å². The molecule has 0 N–H and O–H groups in total. The minimum Gasteiger partial charge on any atom is -0.0932 e. The van der Waals surface area contributed by atoms with Crippen LogP contribution in [0.4, 0.5) is 0 Å². The van der Waals surface area contributed by atoms with E-state index in [0.29, 0.717) is 0 Å². The molecule has 2 fully saturated rings. The molecule has 0 amide bonds. The van der Waals surface area contributed by atoms with Crippen molar-refractivity contribution in [3.63, 3.8) is 0 Å². The van der Waals surface area contributed by atoms with Gasteiger partial charge in [-0.1, -0.05) is 126 Å². The molecule has 2 heteroatoms. The van der Waals surface area contributed by atoms with Crippen LogP contribution in [0.5, 0.6) is 0 Å². The molecule has 0 aromatic heterocycles. The summed E-state index contributed by atoms with van der Waals surface area (Å²) in [6, 6.07) is 22.8. The van der Waals surface area contributed by atoms with Crippen LogP contribution in [0.3, 0.4) is 0 Å². The fourth-order valence-corrected chi connectivity index (χ4v) is 14.1. The molecule has 0 radical (unpaired) electrons. The quantitative estimate of drug-likeness (QED) is 0.341. The van der Waals surface area contributed by atoms with Crippen LogP contribution in [0.2, 0.25) is 0 Å². The summed E-state index contributed by atoms with van der Waals surface area (Å²) in [5.74, 6) is 0. The number of hydrogen-bond acceptors (Lipinski definition) is 0. The van der Waals surface area contributed by atoms with E-state index in [-0.39, 0.29) is 7.92 Å². The highest BCUT2D eigenvalue weighted by molar-refractivity contribution is 7.77. The van der Waals surface area contributed by atoms with E-state index < -0.39 is 7.92 Å². The minimum absolute atomic E-state index is 0.0417. The lowest BCUT2D eigenvalue weighted by atomic mass is 9.99. The first-order valence-corrected chi connectivity index (χ1v) is 16.7. The van der Waals surface area contributed by atoms with Crippen LogP contribution >= 0.6 is 15.8 Å². The van der Waals surface area contributed by atoms with Crippen LogP contribution in [-0.2, 0) is 0 Å². The van der Waals surface area contributed by atoms with Gasteiger partial charge in [-0.25, -0.2) is 0 Å². The monoisotopic (exact) mass is 488 g/mol. The number of allylic oxidation sites excluding steroid dienone is 4. The van der Waals surface area contributed by atoms with Gasteiger partial charge in [0.05, 0.1) is 0 Å². The van der Waals surface area contributed by atoms with Crippen molar-refractivity contribution in [2.24, 2.45) is 0 Å². The predicted molar refractivity (Wildman–Crippen MR) is 155 cm³/mol. The van der Waals surface area contributed by atoms with Crippen molar-refractivity contribution in [1.29, 1.82) is 0 Å². The Bertz CT molecular complexity index is 921. The molecule has 2 aromatic carbocycles. The normalized spacial score (nSPS) is 21.4. The van der Waals surface area contributed by atoms with Gasteiger partial charge < -0.3 is 0 Å². The van der Waals surface area contributed by atoms with Gasteiger partial charge in [-0.05, 0) is 85.4 Å². The van der Waals surface area contributed by atoms with E-state index in [9.17, 15) is 0 Å². The van der Waals surface area contributed by atoms with Crippen molar-refractivity contribution in [3.05, 3.63) is 83.2 Å². The Labute approximate surface area is 210 Å². The van der Waals surface area contributed by atoms with Crippen molar-refractivity contribution < 1.29 is 0 Å². The van der Waals surface area contributed by atoms with Crippen LogP contribution < -0.4 is 10.6 Å². The summed E-state index contributed by atoms with van der Waals surface area (Å²) in [5.41, 5.74) is 6.16. The molecule has 0 spiro atoms. The zero-order chi connectivity index (χ0) is 23.3. The van der Waals surface area contributed by atoms with Gasteiger partial charge in [-0.2, -0.15) is 0 Å². The number of benzene rings is 2. The topological polar surface area (TPSA) is 0 Å². The van der Waals surface area contributed by atoms with Crippen molar-refractivity contribution in [2.45, 2.75) is 101 Å². The second-order valence-corrected chi connectivity index (χ2v) is 16.0. The molecule has 3 aliphatic rings. The Morgan fingerprint density at radius 2 is 1.15 bits per heavy atom. The van der Waals surface area contributed by atoms with Gasteiger partial charge in [0.1, 0.15) is 0 Å². The molecule has 180 valence electrons. The highest BCUT2D eigenvalue weighted by Crippen LogP contribution is 2.63. The predicted octanol–water partition coefficient (Wildman–Crippen LogP) is 9.26. The molecule has 3 aliphatic carbocycles. The van der Waals surface area contributed by atoms with Crippen LogP contribution in [0.15, 0.2) is 83.2 Å². The second kappa shape index (κ2) is 11.7. The van der Waals surface area contributed by atoms with E-state index in [0.717, 1.165) is 17.0 Å². The summed E-state index contributed by atoms with van der Waals surface area (Å²) in [7, 11) is -0.459. The van der Waals surface area contributed by atoms with E-state index in [2.05, 4.69) is 80.6 Å². The second-order valence-electron chi connectivity index (χ2n) is 10.7. The first-order chi connectivity index (χ1) is 16.7. The van der Waals surface area contributed by atoms with E-state index in [4.69, 9.17) is 0 Å². The third kappa shape index (κ3) is 5.30. The van der Waals surface area contributed by atoms with Crippen molar-refractivity contribution in [2.75, 3.05) is 0 Å². The lowest BCUT2D eigenvalue weighted by Crippen LogP contribution is -2.27. The highest BCUT2D eigenvalue weighted by Gasteiger charge is 2.38. The van der Waals surface area contributed by atoms with E-state index in [1.54, 1.807) is 10.9 Å². The summed E-state index contributed by atoms with van der Waals surface area (Å²) in [4.78, 5) is 0. The maximum atomic E-state index is 2.67. The Hall–Kier alpha value is -1.22. The Kier molecular flexibility index (Phi) is 8.40. The molecule has 0 bridgehead atoms. The minimum atomic E-state index is -0.501. The van der Waals surface area contributed by atoms with Gasteiger partial charge in [-0.3, -0.25) is 0 Å². The summed E-state index contributed by atoms with van der Waals surface area (Å²) in [5, 5.41) is 4.74. The molecular weight excluding hydrogens is 446 g/mol. The molecule has 0 heterocycles. The van der Waals surface area contributed by atoms with E-state index in [1.807, 2.05) is 5.57 Å². The molecule has 2 aromatic rings. The molecule has 5 rings (SSSR count). The van der Waals surface area contributed by atoms with Gasteiger partial charge in [0, 0.05) is 0 Å². The summed E-state index contributed by atoms with van der Waals surface area (Å²) < 4.78 is 0. The third-order valence-corrected chi connectivity index (χ3v) is 15.1. The maximum Gasteiger partial charge on any atom is -0.000996 e. The standard InChI is InChI=1S/C32H42P2/c1-25-23-24-31(26(2)33(27-15-7-3-8-16-27)28-17-9-4-10-18-28)32(25)34(29-19-11-5-12-20-29)30-21-13-6-14-22-30/h5-6,11-14,19-23,26-28H,3-4,7-10,15-18,24H2,1-2H3/t26-/m0/s1. The molecule has 34 heavy (non-hydrogen) atoms. The van der Waals surface area contributed by atoms with Crippen LogP contribution in [0.25, 0.3) is 0 Å². The van der Waals surface area contributed by atoms with Crippen molar-refractivity contribution in [1.82, 2.24) is 0 Å². The summed E-state index contributed by atoms with van der Waals surface area (Å²) >= 11 is 0. The van der Waals surface area contributed by atoms with Crippen LogP contribution in [-0.4, -0.2) is 17.0 Å². The molecular formula is C32H42P2. The first-order valence-electron chi connectivity index (χ1n) is 13.8. The van der Waals surface area contributed by atoms with Crippen molar-refractivity contribution in [3.8, 4) is 0 Å². The molecule has 1 atom stereocenters. The molecule has 0 saturated heterocycles. The third-order valence-electron chi connectivity index (χ3n) is 8.50. The number of rotatable bonds is 7. The largest absolute Gasteiger partial charge is 0.0932 e. The molecule has 2 saturated carbocycles. The van der Waals surface area contributed by atoms with E-state index in [1.165, 1.54) is 81.2 Å². The Balaban J connectivity index is 1.57. The smallest absolute Gasteiger partial charge is 0.000996 e. The van der Waals surface area contributed by atoms with Gasteiger partial charge in [0.15, 0.2) is 0 Å². The fourth-order valence-electron chi connectivity index (χ4n) is 6.83.